The van der Waals surface area contributed by atoms with E-state index in [1.165, 1.54) is 4.90 Å². The lowest BCUT2D eigenvalue weighted by atomic mass is 10.0. The number of sulfonamides is 1. The highest BCUT2D eigenvalue weighted by molar-refractivity contribution is 9.10. The molecule has 0 radical (unpaired) electrons. The van der Waals surface area contributed by atoms with Gasteiger partial charge in [-0.15, -0.1) is 0 Å². The maximum absolute atomic E-state index is 14.1. The van der Waals surface area contributed by atoms with Crippen molar-refractivity contribution in [1.82, 2.24) is 10.2 Å². The predicted octanol–water partition coefficient (Wildman–Crippen LogP) is 5.22. The number of nitrogens with one attached hydrogen (secondary N) is 1. The van der Waals surface area contributed by atoms with E-state index in [9.17, 15) is 18.0 Å². The van der Waals surface area contributed by atoms with E-state index in [0.29, 0.717) is 12.1 Å². The zero-order valence-corrected chi connectivity index (χ0v) is 25.3. The van der Waals surface area contributed by atoms with Crippen molar-refractivity contribution in [2.75, 3.05) is 17.1 Å². The molecule has 0 aliphatic heterocycles. The van der Waals surface area contributed by atoms with Gasteiger partial charge in [0.15, 0.2) is 0 Å². The van der Waals surface area contributed by atoms with E-state index in [0.717, 1.165) is 57.4 Å². The largest absolute Gasteiger partial charge is 0.352 e. The molecular weight excluding hydrogens is 590 g/mol. The number of hydrogen-bond acceptors (Lipinski definition) is 4. The smallest absolute Gasteiger partial charge is 0.244 e. The Morgan fingerprint density at radius 1 is 0.950 bits per heavy atom. The molecule has 0 heterocycles. The summed E-state index contributed by atoms with van der Waals surface area (Å²) in [6, 6.07) is 23.5. The molecule has 212 valence electrons. The van der Waals surface area contributed by atoms with Crippen molar-refractivity contribution in [3.8, 4) is 0 Å². The fraction of sp³-hybridized carbons (Fsp3) is 0.355. The first-order valence-electron chi connectivity index (χ1n) is 13.5. The summed E-state index contributed by atoms with van der Waals surface area (Å²) < 4.78 is 27.8. The molecule has 2 amide bonds. The van der Waals surface area contributed by atoms with Crippen molar-refractivity contribution in [3.63, 3.8) is 0 Å². The third-order valence-electron chi connectivity index (χ3n) is 7.28. The third-order valence-corrected chi connectivity index (χ3v) is 9.31. The van der Waals surface area contributed by atoms with Crippen molar-refractivity contribution in [2.45, 2.75) is 57.7 Å². The second-order valence-corrected chi connectivity index (χ2v) is 13.2. The van der Waals surface area contributed by atoms with Crippen LogP contribution >= 0.6 is 15.9 Å². The van der Waals surface area contributed by atoms with Gasteiger partial charge in [0.25, 0.3) is 0 Å². The van der Waals surface area contributed by atoms with E-state index >= 15 is 0 Å². The van der Waals surface area contributed by atoms with Crippen LogP contribution in [0.15, 0.2) is 83.3 Å². The number of amides is 2. The van der Waals surface area contributed by atoms with Crippen LogP contribution in [0.2, 0.25) is 0 Å². The molecule has 0 saturated heterocycles. The van der Waals surface area contributed by atoms with E-state index in [-0.39, 0.29) is 18.5 Å². The Morgan fingerprint density at radius 3 is 2.12 bits per heavy atom. The number of hydrogen-bond donors (Lipinski definition) is 1. The maximum Gasteiger partial charge on any atom is 0.244 e. The van der Waals surface area contributed by atoms with Crippen molar-refractivity contribution < 1.29 is 18.0 Å². The van der Waals surface area contributed by atoms with Crippen molar-refractivity contribution in [2.24, 2.45) is 0 Å². The van der Waals surface area contributed by atoms with Crippen LogP contribution in [-0.2, 0) is 32.6 Å². The Morgan fingerprint density at radius 2 is 1.55 bits per heavy atom. The lowest BCUT2D eigenvalue weighted by Gasteiger charge is -2.34. The summed E-state index contributed by atoms with van der Waals surface area (Å²) in [7, 11) is -3.80. The van der Waals surface area contributed by atoms with Crippen LogP contribution in [0, 0.1) is 6.92 Å². The van der Waals surface area contributed by atoms with Gasteiger partial charge in [0.2, 0.25) is 21.8 Å². The highest BCUT2D eigenvalue weighted by atomic mass is 79.9. The van der Waals surface area contributed by atoms with Crippen LogP contribution in [-0.4, -0.2) is 50.0 Å². The molecule has 40 heavy (non-hydrogen) atoms. The van der Waals surface area contributed by atoms with Crippen LogP contribution in [0.4, 0.5) is 5.69 Å². The second-order valence-electron chi connectivity index (χ2n) is 10.4. The van der Waals surface area contributed by atoms with Gasteiger partial charge in [-0.1, -0.05) is 89.4 Å². The molecule has 1 aliphatic carbocycles. The number of carbonyl (C=O) groups is 2. The van der Waals surface area contributed by atoms with Crippen LogP contribution in [0.5, 0.6) is 0 Å². The molecule has 0 aromatic heterocycles. The van der Waals surface area contributed by atoms with Gasteiger partial charge in [0.1, 0.15) is 12.6 Å². The number of rotatable bonds is 11. The number of carbonyl (C=O) groups excluding carboxylic acids is 2. The molecule has 7 nitrogen and oxygen atoms in total. The van der Waals surface area contributed by atoms with Crippen LogP contribution in [0.1, 0.15) is 42.4 Å². The fourth-order valence-corrected chi connectivity index (χ4v) is 6.19. The Bertz CT molecular complexity index is 1410. The second kappa shape index (κ2) is 13.5. The molecule has 0 spiro atoms. The van der Waals surface area contributed by atoms with E-state index < -0.39 is 28.5 Å². The molecule has 4 rings (SSSR count). The van der Waals surface area contributed by atoms with E-state index in [2.05, 4.69) is 21.2 Å². The van der Waals surface area contributed by atoms with Gasteiger partial charge in [0, 0.05) is 23.5 Å². The molecule has 1 atom stereocenters. The molecule has 1 saturated carbocycles. The lowest BCUT2D eigenvalue weighted by Crippen LogP contribution is -2.54. The zero-order valence-electron chi connectivity index (χ0n) is 22.9. The minimum Gasteiger partial charge on any atom is -0.352 e. The number of anilines is 1. The summed E-state index contributed by atoms with van der Waals surface area (Å²) in [6.07, 6.45) is 5.37. The Kier molecular flexibility index (Phi) is 10.0. The molecule has 3 aromatic carbocycles. The zero-order chi connectivity index (χ0) is 28.7. The molecule has 3 aromatic rings. The number of halogens is 1. The first kappa shape index (κ1) is 29.8. The van der Waals surface area contributed by atoms with Gasteiger partial charge in [-0.05, 0) is 54.7 Å². The van der Waals surface area contributed by atoms with Crippen LogP contribution < -0.4 is 9.62 Å². The minimum absolute atomic E-state index is 0.0812. The van der Waals surface area contributed by atoms with Crippen LogP contribution in [0.3, 0.4) is 0 Å². The van der Waals surface area contributed by atoms with Gasteiger partial charge in [-0.2, -0.15) is 0 Å². The summed E-state index contributed by atoms with van der Waals surface area (Å²) in [5.74, 6) is -0.664. The molecule has 1 N–H and O–H groups in total. The maximum atomic E-state index is 14.1. The van der Waals surface area contributed by atoms with Crippen molar-refractivity contribution >= 4 is 43.5 Å². The number of nitrogens with zero attached hydrogens (tertiary/aromatic N) is 2. The molecule has 1 unspecified atom stereocenters. The Balaban J connectivity index is 1.71. The Labute approximate surface area is 245 Å². The van der Waals surface area contributed by atoms with E-state index in [4.69, 9.17) is 0 Å². The number of aryl methyl sites for hydroxylation is 1. The van der Waals surface area contributed by atoms with Crippen molar-refractivity contribution in [1.29, 1.82) is 0 Å². The minimum atomic E-state index is -3.80. The van der Waals surface area contributed by atoms with Crippen molar-refractivity contribution in [3.05, 3.63) is 100 Å². The summed E-state index contributed by atoms with van der Waals surface area (Å²) in [5.41, 5.74) is 3.01. The SMILES string of the molecule is Cc1cc(N(CC(=O)N(Cc2ccccc2)C(Cc2ccccc2)C(=O)NC2CCCC2)S(C)(=O)=O)ccc1Br. The van der Waals surface area contributed by atoms with Gasteiger partial charge in [-0.25, -0.2) is 8.42 Å². The highest BCUT2D eigenvalue weighted by Crippen LogP contribution is 2.26. The molecule has 1 aliphatic rings. The summed E-state index contributed by atoms with van der Waals surface area (Å²) in [6.45, 7) is 1.61. The van der Waals surface area contributed by atoms with Gasteiger partial charge < -0.3 is 10.2 Å². The first-order chi connectivity index (χ1) is 19.1. The van der Waals surface area contributed by atoms with Gasteiger partial charge in [-0.3, -0.25) is 13.9 Å². The van der Waals surface area contributed by atoms with Gasteiger partial charge in [0.05, 0.1) is 11.9 Å². The van der Waals surface area contributed by atoms with Crippen LogP contribution in [0.25, 0.3) is 0 Å². The highest BCUT2D eigenvalue weighted by Gasteiger charge is 2.34. The van der Waals surface area contributed by atoms with Gasteiger partial charge >= 0.3 is 0 Å². The third kappa shape index (κ3) is 7.95. The summed E-state index contributed by atoms with van der Waals surface area (Å²) in [5, 5.41) is 3.18. The van der Waals surface area contributed by atoms with E-state index in [1.54, 1.807) is 18.2 Å². The monoisotopic (exact) mass is 625 g/mol. The quantitative estimate of drug-likeness (QED) is 0.316. The average Bonchev–Trinajstić information content (AvgIpc) is 3.44. The average molecular weight is 627 g/mol. The standard InChI is InChI=1S/C31H36BrN3O4S/c1-23-19-27(17-18-28(23)32)35(40(2,38)39)22-30(36)34(21-25-13-7-4-8-14-25)29(20-24-11-5-3-6-12-24)31(37)33-26-15-9-10-16-26/h3-8,11-14,17-19,26,29H,9-10,15-16,20-22H2,1-2H3,(H,33,37). The molecular formula is C31H36BrN3O4S. The fourth-order valence-electron chi connectivity index (χ4n) is 5.10. The summed E-state index contributed by atoms with van der Waals surface area (Å²) in [4.78, 5) is 29.5. The lowest BCUT2D eigenvalue weighted by molar-refractivity contribution is -0.140. The molecule has 1 fully saturated rings. The molecule has 0 bridgehead atoms. The predicted molar refractivity (Wildman–Crippen MR) is 162 cm³/mol. The molecule has 9 heteroatoms. The number of benzene rings is 3. The topological polar surface area (TPSA) is 86.8 Å². The van der Waals surface area contributed by atoms with E-state index in [1.807, 2.05) is 67.6 Å². The first-order valence-corrected chi connectivity index (χ1v) is 16.2. The Hall–Kier alpha value is -3.17. The summed E-state index contributed by atoms with van der Waals surface area (Å²) >= 11 is 3.45. The normalized spacial score (nSPS) is 14.5.